The standard InChI is InChI=1S/C38H51N3O10S.C33H43N3O8S/c1-37(2,3)51-36(44)40-31(21-27-13-15-29(16-14-27)48-24-28-11-8-7-9-12-28)32(42)23-41(25-38(4,5)19-10-20-47-35(43)39-6)52(45,46)30-17-18-33-34(22-30)50-26-49-33;1-33(2,16-7-17-41-32(38)35-3)22-36(45(39,40)27-14-15-30-31(19-27)44-23-43-30)20-29(37)28(34)18-24-10-12-26(13-11-24)42-21-25-8-5-4-6-9-25/h7-9,11-18,22,31-32,42H,10,19-21,23-26H2,1-6H3,(H,39,43)(H,40,44);4-6,8-15,19,28-29,37H,7,16-18,20-23,34H2,1-3H3,(H,35,38)/t31-,32+;28-,29+/m00/s1. The average molecular weight is 1380 g/mol. The molecule has 2 heterocycles. The molecule has 0 aromatic heterocycles. The Morgan fingerprint density at radius 2 is 0.928 bits per heavy atom. The van der Waals surface area contributed by atoms with Crippen LogP contribution < -0.4 is 50.1 Å². The zero-order valence-corrected chi connectivity index (χ0v) is 58.3. The first kappa shape index (κ1) is 76.0. The van der Waals surface area contributed by atoms with Crippen molar-refractivity contribution in [1.82, 2.24) is 24.6 Å². The molecule has 3 amide bonds. The monoisotopic (exact) mass is 1380 g/mol. The van der Waals surface area contributed by atoms with Crippen LogP contribution in [0.5, 0.6) is 34.5 Å². The Morgan fingerprint density at radius 1 is 0.526 bits per heavy atom. The Balaban J connectivity index is 0.000000276. The molecule has 0 saturated heterocycles. The van der Waals surface area contributed by atoms with Crippen molar-refractivity contribution in [2.75, 3.05) is 67.1 Å². The molecule has 0 spiro atoms. The molecule has 7 N–H and O–H groups in total. The third-order valence-corrected chi connectivity index (χ3v) is 19.4. The Kier molecular flexibility index (Phi) is 27.6. The van der Waals surface area contributed by atoms with E-state index in [1.165, 1.54) is 53.0 Å². The number of carbonyl (C=O) groups excluding carboxylic acids is 3. The smallest absolute Gasteiger partial charge is 0.407 e. The molecule has 0 bridgehead atoms. The number of ether oxygens (including phenoxy) is 9. The van der Waals surface area contributed by atoms with E-state index in [1.54, 1.807) is 26.8 Å². The molecule has 0 fully saturated rings. The summed E-state index contributed by atoms with van der Waals surface area (Å²) in [5.41, 5.74) is 8.24. The zero-order valence-electron chi connectivity index (χ0n) is 56.7. The summed E-state index contributed by atoms with van der Waals surface area (Å²) < 4.78 is 108. The number of nitrogens with two attached hydrogens (primary N) is 1. The third kappa shape index (κ3) is 24.3. The number of nitrogens with zero attached hydrogens (tertiary/aromatic N) is 2. The summed E-state index contributed by atoms with van der Waals surface area (Å²) in [6, 6.07) is 41.5. The fraction of sp³-hybridized carbons (Fsp3) is 0.451. The summed E-state index contributed by atoms with van der Waals surface area (Å²) in [5, 5.41) is 30.6. The number of sulfonamides is 2. The third-order valence-electron chi connectivity index (χ3n) is 15.8. The van der Waals surface area contributed by atoms with Gasteiger partial charge in [-0.05, 0) is 141 Å². The molecular weight excluding hydrogens is 1290 g/mol. The number of nitrogens with one attached hydrogen (secondary N) is 3. The minimum absolute atomic E-state index is 0.00736. The van der Waals surface area contributed by atoms with Crippen molar-refractivity contribution in [2.24, 2.45) is 16.6 Å². The maximum atomic E-state index is 14.3. The summed E-state index contributed by atoms with van der Waals surface area (Å²) in [4.78, 5) is 36.0. The second-order valence-electron chi connectivity index (χ2n) is 26.2. The second-order valence-corrected chi connectivity index (χ2v) is 30.1. The van der Waals surface area contributed by atoms with Crippen molar-refractivity contribution in [2.45, 2.75) is 140 Å². The molecule has 8 rings (SSSR count). The van der Waals surface area contributed by atoms with Crippen LogP contribution in [0.1, 0.15) is 96.4 Å². The maximum absolute atomic E-state index is 14.3. The number of alkyl carbamates (subject to hydrolysis) is 3. The van der Waals surface area contributed by atoms with Gasteiger partial charge in [0.05, 0.1) is 41.3 Å². The van der Waals surface area contributed by atoms with Gasteiger partial charge >= 0.3 is 18.3 Å². The van der Waals surface area contributed by atoms with Gasteiger partial charge < -0.3 is 74.5 Å². The van der Waals surface area contributed by atoms with Gasteiger partial charge in [0.25, 0.3) is 0 Å². The molecule has 6 aromatic carbocycles. The van der Waals surface area contributed by atoms with Crippen molar-refractivity contribution < 1.29 is 84.1 Å². The van der Waals surface area contributed by atoms with Crippen LogP contribution in [0.2, 0.25) is 0 Å². The van der Waals surface area contributed by atoms with E-state index in [-0.39, 0.29) is 69.2 Å². The Labute approximate surface area is 570 Å². The van der Waals surface area contributed by atoms with Gasteiger partial charge in [-0.3, -0.25) is 0 Å². The summed E-state index contributed by atoms with van der Waals surface area (Å²) in [7, 11) is -5.33. The van der Waals surface area contributed by atoms with Gasteiger partial charge in [0, 0.05) is 58.4 Å². The van der Waals surface area contributed by atoms with Crippen molar-refractivity contribution in [3.63, 3.8) is 0 Å². The van der Waals surface area contributed by atoms with Crippen LogP contribution in [-0.2, 0) is 60.3 Å². The number of hydrogen-bond donors (Lipinski definition) is 6. The van der Waals surface area contributed by atoms with E-state index in [0.29, 0.717) is 79.8 Å². The van der Waals surface area contributed by atoms with Gasteiger partial charge in [0.2, 0.25) is 33.6 Å². The molecule has 26 heteroatoms. The van der Waals surface area contributed by atoms with Gasteiger partial charge in [-0.2, -0.15) is 8.61 Å². The molecule has 2 aliphatic rings. The van der Waals surface area contributed by atoms with Crippen LogP contribution in [-0.4, -0.2) is 151 Å². The SMILES string of the molecule is CNC(=O)OCCCC(C)(C)CN(C[C@@H](O)[C@@H](N)Cc1ccc(OCc2ccccc2)cc1)S(=O)(=O)c1ccc2c(c1)OCO2.CNC(=O)OCCCC(C)(C)CN(C[C@@H](O)[C@H](Cc1ccc(OCc2ccccc2)cc1)NC(=O)OC(C)(C)C)S(=O)(=O)c1ccc2c(c1)OCO2. The van der Waals surface area contributed by atoms with E-state index in [0.717, 1.165) is 22.3 Å². The van der Waals surface area contributed by atoms with E-state index in [1.807, 2.05) is 137 Å². The first-order valence-corrected chi connectivity index (χ1v) is 35.0. The van der Waals surface area contributed by atoms with Gasteiger partial charge in [-0.15, -0.1) is 0 Å². The lowest BCUT2D eigenvalue weighted by molar-refractivity contribution is 0.0391. The molecule has 0 saturated carbocycles. The van der Waals surface area contributed by atoms with Crippen LogP contribution in [0.3, 0.4) is 0 Å². The van der Waals surface area contributed by atoms with Crippen molar-refractivity contribution in [3.05, 3.63) is 168 Å². The fourth-order valence-corrected chi connectivity index (χ4v) is 13.9. The lowest BCUT2D eigenvalue weighted by atomic mass is 9.87. The maximum Gasteiger partial charge on any atom is 0.407 e. The molecule has 97 heavy (non-hydrogen) atoms. The normalized spacial score (nSPS) is 14.1. The number of benzene rings is 6. The Hall–Kier alpha value is -8.37. The lowest BCUT2D eigenvalue weighted by Crippen LogP contribution is -2.52. The number of amides is 3. The Morgan fingerprint density at radius 3 is 1.34 bits per heavy atom. The number of rotatable bonds is 33. The minimum Gasteiger partial charge on any atom is -0.489 e. The minimum atomic E-state index is -4.22. The molecular formula is C71H94N6O18S2. The highest BCUT2D eigenvalue weighted by Crippen LogP contribution is 2.38. The van der Waals surface area contributed by atoms with Crippen LogP contribution in [0, 0.1) is 10.8 Å². The highest BCUT2D eigenvalue weighted by molar-refractivity contribution is 7.89. The summed E-state index contributed by atoms with van der Waals surface area (Å²) in [5.74, 6) is 2.90. The molecule has 4 atom stereocenters. The fourth-order valence-electron chi connectivity index (χ4n) is 10.6. The number of hydrogen-bond acceptors (Lipinski definition) is 19. The van der Waals surface area contributed by atoms with E-state index >= 15 is 0 Å². The summed E-state index contributed by atoms with van der Waals surface area (Å²) in [6.07, 6.45) is -1.76. The van der Waals surface area contributed by atoms with Gasteiger partial charge in [0.15, 0.2) is 23.0 Å². The van der Waals surface area contributed by atoms with Gasteiger partial charge in [-0.1, -0.05) is 113 Å². The highest BCUT2D eigenvalue weighted by atomic mass is 32.2. The number of aliphatic hydroxyl groups excluding tert-OH is 2. The first-order chi connectivity index (χ1) is 46.0. The van der Waals surface area contributed by atoms with E-state index in [2.05, 4.69) is 16.0 Å². The topological polar surface area (TPSA) is 312 Å². The summed E-state index contributed by atoms with van der Waals surface area (Å²) in [6.45, 7) is 13.6. The molecule has 0 unspecified atom stereocenters. The molecule has 528 valence electrons. The lowest BCUT2D eigenvalue weighted by Gasteiger charge is -2.35. The first-order valence-electron chi connectivity index (χ1n) is 32.1. The number of fused-ring (bicyclic) bond motifs is 2. The second kappa shape index (κ2) is 35.2. The van der Waals surface area contributed by atoms with Crippen LogP contribution in [0.4, 0.5) is 14.4 Å². The number of carbonyl (C=O) groups is 3. The molecule has 0 aliphatic carbocycles. The van der Waals surface area contributed by atoms with Crippen LogP contribution >= 0.6 is 0 Å². The Bertz CT molecular complexity index is 3710. The molecule has 6 aromatic rings. The zero-order chi connectivity index (χ0) is 70.4. The predicted octanol–water partition coefficient (Wildman–Crippen LogP) is 9.72. The summed E-state index contributed by atoms with van der Waals surface area (Å²) >= 11 is 0. The molecule has 2 aliphatic heterocycles. The van der Waals surface area contributed by atoms with Crippen molar-refractivity contribution in [3.8, 4) is 34.5 Å². The van der Waals surface area contributed by atoms with Crippen molar-refractivity contribution >= 4 is 38.3 Å². The van der Waals surface area contributed by atoms with E-state index in [9.17, 15) is 41.4 Å². The van der Waals surface area contributed by atoms with Crippen molar-refractivity contribution in [1.29, 1.82) is 0 Å². The average Bonchev–Trinajstić information content (AvgIpc) is 1.77. The highest BCUT2D eigenvalue weighted by Gasteiger charge is 2.38. The number of aliphatic hydroxyl groups is 2. The van der Waals surface area contributed by atoms with Gasteiger partial charge in [0.1, 0.15) is 30.3 Å². The van der Waals surface area contributed by atoms with Gasteiger partial charge in [-0.25, -0.2) is 31.2 Å². The molecule has 0 radical (unpaired) electrons. The van der Waals surface area contributed by atoms with E-state index in [4.69, 9.17) is 48.4 Å². The van der Waals surface area contributed by atoms with Crippen LogP contribution in [0.15, 0.2) is 155 Å². The largest absolute Gasteiger partial charge is 0.489 e. The quantitative estimate of drug-likeness (QED) is 0.0165. The van der Waals surface area contributed by atoms with Crippen LogP contribution in [0.25, 0.3) is 0 Å². The van der Waals surface area contributed by atoms with E-state index < -0.39 is 79.0 Å². The predicted molar refractivity (Wildman–Crippen MR) is 364 cm³/mol. The molecule has 24 nitrogen and oxygen atoms in total.